The maximum absolute atomic E-state index is 12.4. The van der Waals surface area contributed by atoms with E-state index in [9.17, 15) is 9.59 Å². The van der Waals surface area contributed by atoms with Crippen molar-refractivity contribution in [3.8, 4) is 0 Å². The van der Waals surface area contributed by atoms with Crippen LogP contribution in [0, 0.1) is 0 Å². The highest BCUT2D eigenvalue weighted by Gasteiger charge is 2.36. The van der Waals surface area contributed by atoms with Gasteiger partial charge in [-0.1, -0.05) is 42.5 Å². The summed E-state index contributed by atoms with van der Waals surface area (Å²) in [4.78, 5) is 24.8. The summed E-state index contributed by atoms with van der Waals surface area (Å²) in [6.07, 6.45) is 3.90. The fourth-order valence-electron chi connectivity index (χ4n) is 3.00. The summed E-state index contributed by atoms with van der Waals surface area (Å²) in [5, 5.41) is 1.11. The normalized spacial score (nSPS) is 16.2. The van der Waals surface area contributed by atoms with Crippen molar-refractivity contribution in [1.82, 2.24) is 10.4 Å². The van der Waals surface area contributed by atoms with Crippen molar-refractivity contribution in [1.29, 1.82) is 0 Å². The molecule has 1 heterocycles. The van der Waals surface area contributed by atoms with Gasteiger partial charge in [-0.05, 0) is 30.5 Å². The Morgan fingerprint density at radius 3 is 2.09 bits per heavy atom. The number of nitrogens with zero attached hydrogens (tertiary/aromatic N) is 1. The lowest BCUT2D eigenvalue weighted by Crippen LogP contribution is -2.41. The first kappa shape index (κ1) is 12.8. The van der Waals surface area contributed by atoms with Gasteiger partial charge in [0.15, 0.2) is 0 Å². The number of hydrogen-bond acceptors (Lipinski definition) is 3. The van der Waals surface area contributed by atoms with Gasteiger partial charge in [-0.25, -0.2) is 0 Å². The van der Waals surface area contributed by atoms with E-state index in [0.717, 1.165) is 29.1 Å². The highest BCUT2D eigenvalue weighted by Crippen LogP contribution is 2.27. The Morgan fingerprint density at radius 1 is 0.818 bits per heavy atom. The lowest BCUT2D eigenvalue weighted by atomic mass is 9.95. The van der Waals surface area contributed by atoms with Crippen LogP contribution in [0.15, 0.2) is 54.6 Å². The Labute approximate surface area is 128 Å². The maximum Gasteiger partial charge on any atom is 0.280 e. The second-order valence-corrected chi connectivity index (χ2v) is 5.42. The number of benzene rings is 2. The van der Waals surface area contributed by atoms with E-state index in [1.54, 1.807) is 24.3 Å². The van der Waals surface area contributed by atoms with Crippen LogP contribution in [0.5, 0.6) is 0 Å². The van der Waals surface area contributed by atoms with E-state index in [-0.39, 0.29) is 11.8 Å². The van der Waals surface area contributed by atoms with E-state index in [0.29, 0.717) is 11.1 Å². The van der Waals surface area contributed by atoms with E-state index in [2.05, 4.69) is 11.5 Å². The summed E-state index contributed by atoms with van der Waals surface area (Å²) in [6.45, 7) is 0. The number of aryl methyl sites for hydroxylation is 1. The average Bonchev–Trinajstić information content (AvgIpc) is 2.81. The van der Waals surface area contributed by atoms with Gasteiger partial charge in [0, 0.05) is 5.56 Å². The van der Waals surface area contributed by atoms with Crippen molar-refractivity contribution in [2.75, 3.05) is 0 Å². The monoisotopic (exact) mass is 290 g/mol. The molecule has 0 atom stereocenters. The van der Waals surface area contributed by atoms with Crippen LogP contribution < -0.4 is 5.43 Å². The second-order valence-electron chi connectivity index (χ2n) is 5.42. The molecule has 4 rings (SSSR count). The third-order valence-electron chi connectivity index (χ3n) is 4.10. The van der Waals surface area contributed by atoms with Crippen LogP contribution in [-0.2, 0) is 6.42 Å². The lowest BCUT2D eigenvalue weighted by molar-refractivity contribution is 0.0605. The summed E-state index contributed by atoms with van der Waals surface area (Å²) < 4.78 is 0. The molecule has 2 aromatic carbocycles. The molecule has 0 bridgehead atoms. The van der Waals surface area contributed by atoms with Crippen LogP contribution in [0.25, 0.3) is 5.70 Å². The average molecular weight is 290 g/mol. The molecule has 0 saturated heterocycles. The van der Waals surface area contributed by atoms with Gasteiger partial charge >= 0.3 is 0 Å². The van der Waals surface area contributed by atoms with E-state index in [4.69, 9.17) is 0 Å². The van der Waals surface area contributed by atoms with Crippen LogP contribution in [-0.4, -0.2) is 16.8 Å². The number of allylic oxidation sites excluding steroid dienone is 1. The quantitative estimate of drug-likeness (QED) is 0.865. The van der Waals surface area contributed by atoms with Gasteiger partial charge in [0.1, 0.15) is 0 Å². The molecule has 0 radical (unpaired) electrons. The summed E-state index contributed by atoms with van der Waals surface area (Å²) in [7, 11) is 0. The summed E-state index contributed by atoms with van der Waals surface area (Å²) in [5.41, 5.74) is 7.00. The number of hydrazine groups is 1. The van der Waals surface area contributed by atoms with Gasteiger partial charge < -0.3 is 0 Å². The summed E-state index contributed by atoms with van der Waals surface area (Å²) in [6, 6.07) is 14.9. The summed E-state index contributed by atoms with van der Waals surface area (Å²) in [5.74, 6) is -0.603. The first-order valence-electron chi connectivity index (χ1n) is 7.28. The smallest absolute Gasteiger partial charge is 0.280 e. The zero-order chi connectivity index (χ0) is 15.1. The molecular formula is C18H14N2O2. The van der Waals surface area contributed by atoms with Gasteiger partial charge in [-0.3, -0.25) is 15.0 Å². The topological polar surface area (TPSA) is 49.4 Å². The minimum absolute atomic E-state index is 0.301. The van der Waals surface area contributed by atoms with Crippen molar-refractivity contribution in [3.05, 3.63) is 76.9 Å². The Bertz CT molecular complexity index is 788. The number of amides is 2. The van der Waals surface area contributed by atoms with Gasteiger partial charge in [-0.15, -0.1) is 0 Å². The molecule has 4 nitrogen and oxygen atoms in total. The third-order valence-corrected chi connectivity index (χ3v) is 4.10. The molecule has 0 saturated carbocycles. The number of hydrogen-bond donors (Lipinski definition) is 1. The first-order chi connectivity index (χ1) is 10.8. The molecule has 22 heavy (non-hydrogen) atoms. The number of nitrogens with one attached hydrogen (secondary N) is 1. The second kappa shape index (κ2) is 4.84. The molecule has 1 N–H and O–H groups in total. The van der Waals surface area contributed by atoms with Crippen molar-refractivity contribution in [2.24, 2.45) is 0 Å². The number of fused-ring (bicyclic) bond motifs is 2. The lowest BCUT2D eigenvalue weighted by Gasteiger charge is -2.23. The Kier molecular flexibility index (Phi) is 2.82. The Balaban J connectivity index is 1.67. The molecule has 1 aliphatic heterocycles. The SMILES string of the molecule is O=C1c2ccccc2C(=O)N1NC1=CCCc2ccccc21. The fraction of sp³-hybridized carbons (Fsp3) is 0.111. The van der Waals surface area contributed by atoms with Crippen molar-refractivity contribution in [2.45, 2.75) is 12.8 Å². The molecule has 2 amide bonds. The van der Waals surface area contributed by atoms with E-state index in [1.165, 1.54) is 5.56 Å². The molecule has 0 aromatic heterocycles. The minimum Gasteiger partial charge on any atom is -0.288 e. The van der Waals surface area contributed by atoms with Gasteiger partial charge in [-0.2, -0.15) is 5.01 Å². The Morgan fingerprint density at radius 2 is 1.41 bits per heavy atom. The molecule has 4 heteroatoms. The standard InChI is InChI=1S/C18H14N2O2/c21-17-14-9-3-4-10-15(14)18(22)20(17)19-16-11-5-7-12-6-1-2-8-13(12)16/h1-4,6,8-11,19H,5,7H2. The van der Waals surface area contributed by atoms with E-state index < -0.39 is 0 Å². The van der Waals surface area contributed by atoms with Gasteiger partial charge in [0.2, 0.25) is 0 Å². The van der Waals surface area contributed by atoms with Crippen molar-refractivity contribution >= 4 is 17.5 Å². The maximum atomic E-state index is 12.4. The zero-order valence-electron chi connectivity index (χ0n) is 11.9. The van der Waals surface area contributed by atoms with Crippen LogP contribution in [0.4, 0.5) is 0 Å². The van der Waals surface area contributed by atoms with Crippen LogP contribution in [0.3, 0.4) is 0 Å². The van der Waals surface area contributed by atoms with Crippen LogP contribution >= 0.6 is 0 Å². The first-order valence-corrected chi connectivity index (χ1v) is 7.28. The molecule has 0 fully saturated rings. The summed E-state index contributed by atoms with van der Waals surface area (Å²) >= 11 is 0. The molecule has 0 spiro atoms. The van der Waals surface area contributed by atoms with Crippen LogP contribution in [0.1, 0.15) is 38.3 Å². The molecule has 2 aliphatic rings. The zero-order valence-corrected chi connectivity index (χ0v) is 11.9. The third kappa shape index (κ3) is 1.84. The van der Waals surface area contributed by atoms with E-state index >= 15 is 0 Å². The van der Waals surface area contributed by atoms with Crippen molar-refractivity contribution < 1.29 is 9.59 Å². The largest absolute Gasteiger partial charge is 0.288 e. The van der Waals surface area contributed by atoms with Gasteiger partial charge in [0.25, 0.3) is 11.8 Å². The number of carbonyl (C=O) groups is 2. The molecule has 1 aliphatic carbocycles. The highest BCUT2D eigenvalue weighted by atomic mass is 16.2. The molecular weight excluding hydrogens is 276 g/mol. The Hall–Kier alpha value is -2.88. The predicted molar refractivity (Wildman–Crippen MR) is 82.8 cm³/mol. The van der Waals surface area contributed by atoms with Crippen LogP contribution in [0.2, 0.25) is 0 Å². The van der Waals surface area contributed by atoms with E-state index in [1.807, 2.05) is 24.3 Å². The molecule has 2 aromatic rings. The van der Waals surface area contributed by atoms with Gasteiger partial charge in [0.05, 0.1) is 16.8 Å². The highest BCUT2D eigenvalue weighted by molar-refractivity contribution is 6.21. The number of imide groups is 1. The predicted octanol–water partition coefficient (Wildman–Crippen LogP) is 2.77. The molecule has 108 valence electrons. The molecule has 0 unspecified atom stereocenters. The minimum atomic E-state index is -0.301. The fourth-order valence-corrected chi connectivity index (χ4v) is 3.00. The van der Waals surface area contributed by atoms with Crippen molar-refractivity contribution in [3.63, 3.8) is 0 Å². The number of rotatable bonds is 2. The number of carbonyl (C=O) groups excluding carboxylic acids is 2.